The summed E-state index contributed by atoms with van der Waals surface area (Å²) < 4.78 is 11.2. The SMILES string of the molecule is Cc1nc(N2CCOCC2)sc1C(=O)N(CC1CCC1)CC1CCCO1. The minimum Gasteiger partial charge on any atom is -0.378 e. The van der Waals surface area contributed by atoms with Crippen LogP contribution in [0.3, 0.4) is 0 Å². The van der Waals surface area contributed by atoms with E-state index in [0.717, 1.165) is 74.5 Å². The normalized spacial score (nSPS) is 23.9. The van der Waals surface area contributed by atoms with Crippen LogP contribution in [0.2, 0.25) is 0 Å². The van der Waals surface area contributed by atoms with E-state index >= 15 is 0 Å². The van der Waals surface area contributed by atoms with Crippen molar-refractivity contribution >= 4 is 22.4 Å². The van der Waals surface area contributed by atoms with E-state index in [1.165, 1.54) is 19.3 Å². The molecule has 26 heavy (non-hydrogen) atoms. The summed E-state index contributed by atoms with van der Waals surface area (Å²) in [6.45, 7) is 7.54. The minimum atomic E-state index is 0.141. The highest BCUT2D eigenvalue weighted by Gasteiger charge is 2.30. The van der Waals surface area contributed by atoms with E-state index in [-0.39, 0.29) is 12.0 Å². The van der Waals surface area contributed by atoms with Gasteiger partial charge in [0.2, 0.25) is 0 Å². The molecule has 7 heteroatoms. The van der Waals surface area contributed by atoms with Crippen LogP contribution in [0.15, 0.2) is 0 Å². The van der Waals surface area contributed by atoms with Gasteiger partial charge in [0.05, 0.1) is 25.0 Å². The monoisotopic (exact) mass is 379 g/mol. The van der Waals surface area contributed by atoms with Crippen LogP contribution in [0.5, 0.6) is 0 Å². The molecule has 2 saturated heterocycles. The molecule has 1 atom stereocenters. The minimum absolute atomic E-state index is 0.141. The van der Waals surface area contributed by atoms with Gasteiger partial charge in [0.15, 0.2) is 5.13 Å². The summed E-state index contributed by atoms with van der Waals surface area (Å²) in [5.41, 5.74) is 0.854. The van der Waals surface area contributed by atoms with Gasteiger partial charge in [-0.25, -0.2) is 4.98 Å². The number of morpholine rings is 1. The van der Waals surface area contributed by atoms with Crippen molar-refractivity contribution in [1.29, 1.82) is 0 Å². The van der Waals surface area contributed by atoms with Crippen molar-refractivity contribution in [3.63, 3.8) is 0 Å². The summed E-state index contributed by atoms with van der Waals surface area (Å²) >= 11 is 1.54. The standard InChI is InChI=1S/C19H29N3O3S/c1-14-17(26-19(20-14)21-7-10-24-11-8-21)18(23)22(12-15-4-2-5-15)13-16-6-3-9-25-16/h15-16H,2-13H2,1H3. The van der Waals surface area contributed by atoms with E-state index in [0.29, 0.717) is 5.92 Å². The van der Waals surface area contributed by atoms with Gasteiger partial charge in [0, 0.05) is 32.8 Å². The van der Waals surface area contributed by atoms with Gasteiger partial charge in [-0.15, -0.1) is 0 Å². The first kappa shape index (κ1) is 18.2. The first-order chi connectivity index (χ1) is 12.7. The Morgan fingerprint density at radius 2 is 2.00 bits per heavy atom. The number of aryl methyl sites for hydroxylation is 1. The van der Waals surface area contributed by atoms with Gasteiger partial charge >= 0.3 is 0 Å². The van der Waals surface area contributed by atoms with Crippen LogP contribution < -0.4 is 4.90 Å². The van der Waals surface area contributed by atoms with Gasteiger partial charge in [-0.1, -0.05) is 17.8 Å². The number of hydrogen-bond acceptors (Lipinski definition) is 6. The molecule has 2 aliphatic heterocycles. The van der Waals surface area contributed by atoms with Crippen LogP contribution in [-0.2, 0) is 9.47 Å². The van der Waals surface area contributed by atoms with Crippen molar-refractivity contribution < 1.29 is 14.3 Å². The Morgan fingerprint density at radius 3 is 2.65 bits per heavy atom. The van der Waals surface area contributed by atoms with Gasteiger partial charge in [-0.2, -0.15) is 0 Å². The molecule has 1 amide bonds. The fourth-order valence-electron chi connectivity index (χ4n) is 3.88. The van der Waals surface area contributed by atoms with Crippen LogP contribution >= 0.6 is 11.3 Å². The lowest BCUT2D eigenvalue weighted by Crippen LogP contribution is -2.41. The molecule has 3 heterocycles. The predicted octanol–water partition coefficient (Wildman–Crippen LogP) is 2.71. The predicted molar refractivity (Wildman–Crippen MR) is 102 cm³/mol. The van der Waals surface area contributed by atoms with Gasteiger partial charge in [-0.3, -0.25) is 4.79 Å². The fourth-order valence-corrected chi connectivity index (χ4v) is 4.96. The smallest absolute Gasteiger partial charge is 0.266 e. The first-order valence-electron chi connectivity index (χ1n) is 9.91. The molecule has 6 nitrogen and oxygen atoms in total. The number of thiazole rings is 1. The zero-order valence-corrected chi connectivity index (χ0v) is 16.4. The molecule has 1 aromatic rings. The molecule has 4 rings (SSSR count). The molecule has 0 bridgehead atoms. The topological polar surface area (TPSA) is 54.9 Å². The summed E-state index contributed by atoms with van der Waals surface area (Å²) in [7, 11) is 0. The number of hydrogen-bond donors (Lipinski definition) is 0. The second-order valence-corrected chi connectivity index (χ2v) is 8.63. The molecule has 144 valence electrons. The second-order valence-electron chi connectivity index (χ2n) is 7.65. The first-order valence-corrected chi connectivity index (χ1v) is 10.7. The molecular formula is C19H29N3O3S. The Bertz CT molecular complexity index is 620. The van der Waals surface area contributed by atoms with E-state index in [1.54, 1.807) is 11.3 Å². The molecule has 1 saturated carbocycles. The van der Waals surface area contributed by atoms with Gasteiger partial charge in [0.25, 0.3) is 5.91 Å². The lowest BCUT2D eigenvalue weighted by Gasteiger charge is -2.33. The highest BCUT2D eigenvalue weighted by atomic mass is 32.1. The number of aromatic nitrogens is 1. The van der Waals surface area contributed by atoms with Gasteiger partial charge in [0.1, 0.15) is 4.88 Å². The third-order valence-corrected chi connectivity index (χ3v) is 6.91. The Hall–Kier alpha value is -1.18. The summed E-state index contributed by atoms with van der Waals surface area (Å²) in [5.74, 6) is 0.800. The maximum atomic E-state index is 13.3. The van der Waals surface area contributed by atoms with E-state index in [1.807, 2.05) is 11.8 Å². The fraction of sp³-hybridized carbons (Fsp3) is 0.789. The number of carbonyl (C=O) groups is 1. The van der Waals surface area contributed by atoms with Crippen LogP contribution in [0.4, 0.5) is 5.13 Å². The molecule has 3 aliphatic rings. The van der Waals surface area contributed by atoms with Crippen LogP contribution in [0.1, 0.15) is 47.5 Å². The Balaban J connectivity index is 1.49. The Kier molecular flexibility index (Phi) is 5.76. The van der Waals surface area contributed by atoms with Gasteiger partial charge < -0.3 is 19.3 Å². The number of amides is 1. The average Bonchev–Trinajstić information content (AvgIpc) is 3.26. The molecule has 0 radical (unpaired) electrons. The Morgan fingerprint density at radius 1 is 1.19 bits per heavy atom. The van der Waals surface area contributed by atoms with E-state index in [2.05, 4.69) is 4.90 Å². The third-order valence-electron chi connectivity index (χ3n) is 5.70. The molecule has 0 aromatic carbocycles. The van der Waals surface area contributed by atoms with Crippen LogP contribution in [0, 0.1) is 12.8 Å². The maximum Gasteiger partial charge on any atom is 0.266 e. The maximum absolute atomic E-state index is 13.3. The number of nitrogens with zero attached hydrogens (tertiary/aromatic N) is 3. The Labute approximate surface area is 159 Å². The quantitative estimate of drug-likeness (QED) is 0.761. The van der Waals surface area contributed by atoms with Crippen LogP contribution in [0.25, 0.3) is 0 Å². The summed E-state index contributed by atoms with van der Waals surface area (Å²) in [6, 6.07) is 0. The summed E-state index contributed by atoms with van der Waals surface area (Å²) in [5, 5.41) is 0.954. The molecule has 0 N–H and O–H groups in total. The van der Waals surface area contributed by atoms with E-state index in [9.17, 15) is 4.79 Å². The van der Waals surface area contributed by atoms with Crippen molar-refractivity contribution in [1.82, 2.24) is 9.88 Å². The largest absolute Gasteiger partial charge is 0.378 e. The summed E-state index contributed by atoms with van der Waals surface area (Å²) in [4.78, 5) is 23.1. The molecule has 0 spiro atoms. The average molecular weight is 380 g/mol. The molecule has 1 unspecified atom stereocenters. The lowest BCUT2D eigenvalue weighted by atomic mass is 9.85. The number of rotatable bonds is 6. The van der Waals surface area contributed by atoms with E-state index < -0.39 is 0 Å². The highest BCUT2D eigenvalue weighted by molar-refractivity contribution is 7.17. The number of carbonyl (C=O) groups excluding carboxylic acids is 1. The number of anilines is 1. The van der Waals surface area contributed by atoms with Crippen molar-refractivity contribution in [3.05, 3.63) is 10.6 Å². The third kappa shape index (κ3) is 4.05. The van der Waals surface area contributed by atoms with Crippen molar-refractivity contribution in [2.75, 3.05) is 50.9 Å². The highest BCUT2D eigenvalue weighted by Crippen LogP contribution is 2.31. The molecule has 1 aromatic heterocycles. The molecular weight excluding hydrogens is 350 g/mol. The second kappa shape index (κ2) is 8.23. The van der Waals surface area contributed by atoms with E-state index in [4.69, 9.17) is 14.5 Å². The van der Waals surface area contributed by atoms with Crippen molar-refractivity contribution in [2.45, 2.75) is 45.1 Å². The number of ether oxygens (including phenoxy) is 2. The summed E-state index contributed by atoms with van der Waals surface area (Å²) in [6.07, 6.45) is 6.16. The lowest BCUT2D eigenvalue weighted by molar-refractivity contribution is 0.0451. The zero-order valence-electron chi connectivity index (χ0n) is 15.6. The van der Waals surface area contributed by atoms with Crippen LogP contribution in [-0.4, -0.2) is 67.9 Å². The zero-order chi connectivity index (χ0) is 17.9. The van der Waals surface area contributed by atoms with Crippen molar-refractivity contribution in [2.24, 2.45) is 5.92 Å². The molecule has 1 aliphatic carbocycles. The van der Waals surface area contributed by atoms with Gasteiger partial charge in [-0.05, 0) is 38.5 Å². The van der Waals surface area contributed by atoms with Crippen molar-refractivity contribution in [3.8, 4) is 0 Å². The molecule has 3 fully saturated rings.